The van der Waals surface area contributed by atoms with Gasteiger partial charge in [0, 0.05) is 26.3 Å². The second kappa shape index (κ2) is 8.68. The van der Waals surface area contributed by atoms with E-state index in [1.807, 2.05) is 17.0 Å². The number of nitrogens with zero attached hydrogens (tertiary/aromatic N) is 1. The highest BCUT2D eigenvalue weighted by atomic mass is 16.5. The zero-order valence-electron chi connectivity index (χ0n) is 15.2. The van der Waals surface area contributed by atoms with Crippen molar-refractivity contribution in [3.05, 3.63) is 29.8 Å². The lowest BCUT2D eigenvalue weighted by atomic mass is 9.88. The molecule has 0 radical (unpaired) electrons. The molecule has 0 aromatic heterocycles. The highest BCUT2D eigenvalue weighted by Gasteiger charge is 2.32. The van der Waals surface area contributed by atoms with E-state index in [2.05, 4.69) is 12.1 Å². The number of hydrogen-bond acceptors (Lipinski definition) is 4. The Labute approximate surface area is 150 Å². The molecule has 1 atom stereocenters. The number of rotatable bonds is 5. The number of carbonyl (C=O) groups excluding carboxylic acids is 1. The third kappa shape index (κ3) is 4.53. The van der Waals surface area contributed by atoms with Crippen LogP contribution in [0.1, 0.15) is 31.2 Å². The number of ether oxygens (including phenoxy) is 2. The van der Waals surface area contributed by atoms with Gasteiger partial charge in [-0.15, -0.1) is 0 Å². The van der Waals surface area contributed by atoms with Gasteiger partial charge in [0.2, 0.25) is 5.91 Å². The Balaban J connectivity index is 1.50. The molecule has 0 saturated carbocycles. The standard InChI is InChI=1S/C20H30N2O3/c1-24-18-5-3-2-4-17(18)14-15-6-10-22(11-7-15)20(23)19(21)16-8-12-25-13-9-16/h2-5,15-16,19H,6-14,21H2,1H3. The van der Waals surface area contributed by atoms with Crippen molar-refractivity contribution in [2.75, 3.05) is 33.4 Å². The number of para-hydroxylation sites is 1. The Hall–Kier alpha value is -1.59. The van der Waals surface area contributed by atoms with Crippen LogP contribution in [0.4, 0.5) is 0 Å². The van der Waals surface area contributed by atoms with Gasteiger partial charge in [0.1, 0.15) is 5.75 Å². The van der Waals surface area contributed by atoms with Crippen molar-refractivity contribution in [1.82, 2.24) is 4.90 Å². The van der Waals surface area contributed by atoms with Crippen LogP contribution in [0.2, 0.25) is 0 Å². The summed E-state index contributed by atoms with van der Waals surface area (Å²) in [6.45, 7) is 3.09. The Morgan fingerprint density at radius 3 is 2.60 bits per heavy atom. The van der Waals surface area contributed by atoms with Gasteiger partial charge in [0.15, 0.2) is 0 Å². The summed E-state index contributed by atoms with van der Waals surface area (Å²) in [5.41, 5.74) is 7.51. The first-order chi connectivity index (χ1) is 12.2. The summed E-state index contributed by atoms with van der Waals surface area (Å²) in [4.78, 5) is 14.7. The summed E-state index contributed by atoms with van der Waals surface area (Å²) in [6.07, 6.45) is 4.88. The molecular weight excluding hydrogens is 316 g/mol. The summed E-state index contributed by atoms with van der Waals surface area (Å²) in [5.74, 6) is 1.96. The lowest BCUT2D eigenvalue weighted by Crippen LogP contribution is -2.51. The fourth-order valence-electron chi connectivity index (χ4n) is 4.03. The number of amides is 1. The first kappa shape index (κ1) is 18.2. The molecule has 2 heterocycles. The number of nitrogens with two attached hydrogens (primary N) is 1. The average molecular weight is 346 g/mol. The highest BCUT2D eigenvalue weighted by Crippen LogP contribution is 2.27. The summed E-state index contributed by atoms with van der Waals surface area (Å²) in [6, 6.07) is 7.85. The molecule has 5 nitrogen and oxygen atoms in total. The maximum atomic E-state index is 12.7. The molecule has 1 aromatic carbocycles. The van der Waals surface area contributed by atoms with Crippen LogP contribution in [0.5, 0.6) is 5.75 Å². The van der Waals surface area contributed by atoms with E-state index in [1.165, 1.54) is 5.56 Å². The summed E-state index contributed by atoms with van der Waals surface area (Å²) < 4.78 is 10.8. The highest BCUT2D eigenvalue weighted by molar-refractivity contribution is 5.82. The van der Waals surface area contributed by atoms with E-state index in [4.69, 9.17) is 15.2 Å². The first-order valence-electron chi connectivity index (χ1n) is 9.43. The molecule has 0 aliphatic carbocycles. The number of benzene rings is 1. The number of hydrogen-bond donors (Lipinski definition) is 1. The fraction of sp³-hybridized carbons (Fsp3) is 0.650. The average Bonchev–Trinajstić information content (AvgIpc) is 2.68. The van der Waals surface area contributed by atoms with Crippen LogP contribution in [0.15, 0.2) is 24.3 Å². The number of likely N-dealkylation sites (tertiary alicyclic amines) is 1. The molecular formula is C20H30N2O3. The second-order valence-corrected chi connectivity index (χ2v) is 7.26. The van der Waals surface area contributed by atoms with Gasteiger partial charge in [0.05, 0.1) is 13.2 Å². The molecule has 0 bridgehead atoms. The Bertz CT molecular complexity index is 564. The van der Waals surface area contributed by atoms with Crippen LogP contribution in [-0.2, 0) is 16.0 Å². The predicted molar refractivity (Wildman–Crippen MR) is 97.5 cm³/mol. The molecule has 2 fully saturated rings. The van der Waals surface area contributed by atoms with Crippen molar-refractivity contribution in [1.29, 1.82) is 0 Å². The molecule has 3 rings (SSSR count). The van der Waals surface area contributed by atoms with Crippen LogP contribution < -0.4 is 10.5 Å². The Morgan fingerprint density at radius 1 is 1.24 bits per heavy atom. The van der Waals surface area contributed by atoms with Gasteiger partial charge in [-0.25, -0.2) is 0 Å². The van der Waals surface area contributed by atoms with Gasteiger partial charge >= 0.3 is 0 Å². The third-order valence-corrected chi connectivity index (χ3v) is 5.69. The van der Waals surface area contributed by atoms with Gasteiger partial charge < -0.3 is 20.1 Å². The molecule has 5 heteroatoms. The van der Waals surface area contributed by atoms with Crippen LogP contribution in [-0.4, -0.2) is 50.3 Å². The Morgan fingerprint density at radius 2 is 1.92 bits per heavy atom. The van der Waals surface area contributed by atoms with E-state index in [0.29, 0.717) is 5.92 Å². The van der Waals surface area contributed by atoms with Gasteiger partial charge in [-0.05, 0) is 55.6 Å². The lowest BCUT2D eigenvalue weighted by Gasteiger charge is -2.36. The molecule has 2 aliphatic heterocycles. The number of carbonyl (C=O) groups is 1. The Kier molecular flexibility index (Phi) is 6.32. The summed E-state index contributed by atoms with van der Waals surface area (Å²) in [5, 5.41) is 0. The fourth-order valence-corrected chi connectivity index (χ4v) is 4.03. The second-order valence-electron chi connectivity index (χ2n) is 7.26. The summed E-state index contributed by atoms with van der Waals surface area (Å²) >= 11 is 0. The molecule has 1 amide bonds. The van der Waals surface area contributed by atoms with E-state index in [0.717, 1.165) is 64.2 Å². The van der Waals surface area contributed by atoms with Gasteiger partial charge in [0.25, 0.3) is 0 Å². The minimum absolute atomic E-state index is 0.127. The maximum absolute atomic E-state index is 12.7. The van der Waals surface area contributed by atoms with Crippen LogP contribution >= 0.6 is 0 Å². The minimum atomic E-state index is -0.366. The van der Waals surface area contributed by atoms with E-state index in [-0.39, 0.29) is 17.9 Å². The van der Waals surface area contributed by atoms with Crippen molar-refractivity contribution in [2.45, 2.75) is 38.1 Å². The first-order valence-corrected chi connectivity index (χ1v) is 9.43. The quantitative estimate of drug-likeness (QED) is 0.888. The normalized spacial score (nSPS) is 21.1. The molecule has 2 aliphatic rings. The molecule has 2 saturated heterocycles. The van der Waals surface area contributed by atoms with Crippen molar-refractivity contribution in [3.8, 4) is 5.75 Å². The monoisotopic (exact) mass is 346 g/mol. The summed E-state index contributed by atoms with van der Waals surface area (Å²) in [7, 11) is 1.72. The van der Waals surface area contributed by atoms with Crippen LogP contribution in [0.3, 0.4) is 0 Å². The molecule has 25 heavy (non-hydrogen) atoms. The van der Waals surface area contributed by atoms with Crippen LogP contribution in [0, 0.1) is 11.8 Å². The van der Waals surface area contributed by atoms with Crippen molar-refractivity contribution in [2.24, 2.45) is 17.6 Å². The molecule has 1 aromatic rings. The minimum Gasteiger partial charge on any atom is -0.496 e. The van der Waals surface area contributed by atoms with Crippen LogP contribution in [0.25, 0.3) is 0 Å². The van der Waals surface area contributed by atoms with Crippen molar-refractivity contribution < 1.29 is 14.3 Å². The van der Waals surface area contributed by atoms with E-state index >= 15 is 0 Å². The molecule has 138 valence electrons. The molecule has 2 N–H and O–H groups in total. The van der Waals surface area contributed by atoms with E-state index in [9.17, 15) is 4.79 Å². The molecule has 1 unspecified atom stereocenters. The number of piperidine rings is 1. The van der Waals surface area contributed by atoms with Gasteiger partial charge in [-0.1, -0.05) is 18.2 Å². The zero-order valence-corrected chi connectivity index (χ0v) is 15.2. The SMILES string of the molecule is COc1ccccc1CC1CCN(C(=O)C(N)C2CCOCC2)CC1. The van der Waals surface area contributed by atoms with E-state index in [1.54, 1.807) is 7.11 Å². The maximum Gasteiger partial charge on any atom is 0.239 e. The van der Waals surface area contributed by atoms with Crippen molar-refractivity contribution >= 4 is 5.91 Å². The smallest absolute Gasteiger partial charge is 0.239 e. The third-order valence-electron chi connectivity index (χ3n) is 5.69. The van der Waals surface area contributed by atoms with E-state index < -0.39 is 0 Å². The lowest BCUT2D eigenvalue weighted by molar-refractivity contribution is -0.136. The van der Waals surface area contributed by atoms with Gasteiger partial charge in [-0.3, -0.25) is 4.79 Å². The predicted octanol–water partition coefficient (Wildman–Crippen LogP) is 2.23. The zero-order chi connectivity index (χ0) is 17.6. The molecule has 0 spiro atoms. The topological polar surface area (TPSA) is 64.8 Å². The largest absolute Gasteiger partial charge is 0.496 e. The van der Waals surface area contributed by atoms with Gasteiger partial charge in [-0.2, -0.15) is 0 Å². The number of methoxy groups -OCH3 is 1. The van der Waals surface area contributed by atoms with Crippen molar-refractivity contribution in [3.63, 3.8) is 0 Å².